The number of nitrogens with zero attached hydrogens (tertiary/aromatic N) is 1. The number of carbonyl (C=O) groups excluding carboxylic acids is 1. The molecule has 1 N–H and O–H groups in total. The van der Waals surface area contributed by atoms with Crippen LogP contribution < -0.4 is 5.32 Å². The number of halogens is 3. The lowest BCUT2D eigenvalue weighted by Gasteiger charge is -2.17. The summed E-state index contributed by atoms with van der Waals surface area (Å²) in [6.07, 6.45) is 0. The quantitative estimate of drug-likeness (QED) is 0.892. The lowest BCUT2D eigenvalue weighted by molar-refractivity contribution is -0.116. The van der Waals surface area contributed by atoms with E-state index < -0.39 is 39.9 Å². The molecule has 1 amide bonds. The van der Waals surface area contributed by atoms with Crippen LogP contribution in [0.2, 0.25) is 0 Å². The average Bonchev–Trinajstić information content (AvgIpc) is 2.50. The predicted octanol–water partition coefficient (Wildman–Crippen LogP) is 2.36. The molecule has 0 saturated carbocycles. The van der Waals surface area contributed by atoms with E-state index in [4.69, 9.17) is 0 Å². The smallest absolute Gasteiger partial charge is 0.243 e. The van der Waals surface area contributed by atoms with Crippen molar-refractivity contribution in [3.63, 3.8) is 0 Å². The van der Waals surface area contributed by atoms with Gasteiger partial charge in [-0.3, -0.25) is 4.79 Å². The lowest BCUT2D eigenvalue weighted by Crippen LogP contribution is -2.35. The largest absolute Gasteiger partial charge is 0.322 e. The fourth-order valence-electron chi connectivity index (χ4n) is 1.85. The molecule has 5 nitrogen and oxygen atoms in total. The van der Waals surface area contributed by atoms with Gasteiger partial charge in [-0.1, -0.05) is 0 Å². The Morgan fingerprint density at radius 1 is 1.04 bits per heavy atom. The molecule has 128 valence electrons. The normalized spacial score (nSPS) is 11.5. The van der Waals surface area contributed by atoms with Crippen molar-refractivity contribution in [1.82, 2.24) is 4.31 Å². The van der Waals surface area contributed by atoms with Crippen LogP contribution in [0.3, 0.4) is 0 Å². The molecule has 0 aliphatic rings. The van der Waals surface area contributed by atoms with Crippen molar-refractivity contribution >= 4 is 21.6 Å². The second-order valence-corrected chi connectivity index (χ2v) is 6.93. The number of sulfonamides is 1. The van der Waals surface area contributed by atoms with Crippen LogP contribution in [0.1, 0.15) is 0 Å². The van der Waals surface area contributed by atoms with Crippen molar-refractivity contribution in [2.24, 2.45) is 0 Å². The molecule has 0 heterocycles. The molecule has 0 fully saturated rings. The molecule has 0 atom stereocenters. The molecule has 0 radical (unpaired) electrons. The molecule has 0 saturated heterocycles. The summed E-state index contributed by atoms with van der Waals surface area (Å²) in [7, 11) is -2.86. The highest BCUT2D eigenvalue weighted by Crippen LogP contribution is 2.17. The molecule has 0 bridgehead atoms. The number of nitrogens with one attached hydrogen (secondary N) is 1. The highest BCUT2D eigenvalue weighted by molar-refractivity contribution is 7.89. The minimum atomic E-state index is -4.01. The molecule has 0 unspecified atom stereocenters. The summed E-state index contributed by atoms with van der Waals surface area (Å²) in [4.78, 5) is 11.7. The molecule has 0 aromatic heterocycles. The molecule has 0 aliphatic carbocycles. The lowest BCUT2D eigenvalue weighted by atomic mass is 10.3. The molecule has 2 aromatic rings. The van der Waals surface area contributed by atoms with Crippen LogP contribution in [0.4, 0.5) is 18.9 Å². The topological polar surface area (TPSA) is 66.5 Å². The van der Waals surface area contributed by atoms with Gasteiger partial charge in [0, 0.05) is 13.1 Å². The van der Waals surface area contributed by atoms with Gasteiger partial charge in [0.2, 0.25) is 15.9 Å². The number of likely N-dealkylation sites (N-methyl/N-ethyl adjacent to an activating group) is 1. The Bertz CT molecular complexity index is 855. The van der Waals surface area contributed by atoms with Gasteiger partial charge in [0.1, 0.15) is 17.5 Å². The second-order valence-electron chi connectivity index (χ2n) is 4.89. The summed E-state index contributed by atoms with van der Waals surface area (Å²) >= 11 is 0. The Kier molecular flexibility index (Phi) is 5.25. The first-order valence-corrected chi connectivity index (χ1v) is 8.11. The fraction of sp³-hybridized carbons (Fsp3) is 0.133. The SMILES string of the molecule is CN(CC(=O)Nc1ccc(F)cc1F)S(=O)(=O)c1ccc(F)cc1. The predicted molar refractivity (Wildman–Crippen MR) is 81.2 cm³/mol. The van der Waals surface area contributed by atoms with Gasteiger partial charge >= 0.3 is 0 Å². The second kappa shape index (κ2) is 7.02. The Hall–Kier alpha value is -2.39. The third-order valence-electron chi connectivity index (χ3n) is 3.09. The Morgan fingerprint density at radius 2 is 1.62 bits per heavy atom. The van der Waals surface area contributed by atoms with Gasteiger partial charge in [0.15, 0.2) is 0 Å². The van der Waals surface area contributed by atoms with Crippen molar-refractivity contribution in [2.75, 3.05) is 18.9 Å². The standard InChI is InChI=1S/C15H13F3N2O3S/c1-20(24(22,23)12-5-2-10(16)3-6-12)9-15(21)19-14-7-4-11(17)8-13(14)18/h2-8H,9H2,1H3,(H,19,21). The fourth-order valence-corrected chi connectivity index (χ4v) is 2.98. The number of hydrogen-bond acceptors (Lipinski definition) is 3. The van der Waals surface area contributed by atoms with E-state index in [1.807, 2.05) is 0 Å². The zero-order valence-electron chi connectivity index (χ0n) is 12.5. The number of hydrogen-bond donors (Lipinski definition) is 1. The van der Waals surface area contributed by atoms with Gasteiger partial charge in [-0.05, 0) is 36.4 Å². The monoisotopic (exact) mass is 358 g/mol. The highest BCUT2D eigenvalue weighted by Gasteiger charge is 2.23. The van der Waals surface area contributed by atoms with Crippen LogP contribution >= 0.6 is 0 Å². The van der Waals surface area contributed by atoms with Crippen molar-refractivity contribution in [3.05, 3.63) is 59.9 Å². The van der Waals surface area contributed by atoms with Crippen molar-refractivity contribution in [1.29, 1.82) is 0 Å². The molecular weight excluding hydrogens is 345 g/mol. The maximum absolute atomic E-state index is 13.5. The molecule has 2 aromatic carbocycles. The zero-order valence-corrected chi connectivity index (χ0v) is 13.3. The summed E-state index contributed by atoms with van der Waals surface area (Å²) in [5.41, 5.74) is -0.269. The molecule has 2 rings (SSSR count). The van der Waals surface area contributed by atoms with Gasteiger partial charge in [-0.2, -0.15) is 4.31 Å². The zero-order chi connectivity index (χ0) is 17.9. The third-order valence-corrected chi connectivity index (χ3v) is 4.91. The molecular formula is C15H13F3N2O3S. The van der Waals surface area contributed by atoms with E-state index in [9.17, 15) is 26.4 Å². The third kappa shape index (κ3) is 4.12. The van der Waals surface area contributed by atoms with E-state index in [1.54, 1.807) is 0 Å². The minimum absolute atomic E-state index is 0.188. The van der Waals surface area contributed by atoms with Gasteiger partial charge in [-0.25, -0.2) is 21.6 Å². The van der Waals surface area contributed by atoms with Crippen molar-refractivity contribution in [3.8, 4) is 0 Å². The van der Waals surface area contributed by atoms with Crippen LogP contribution in [0, 0.1) is 17.5 Å². The summed E-state index contributed by atoms with van der Waals surface area (Å²) < 4.78 is 64.3. The van der Waals surface area contributed by atoms with Gasteiger partial charge in [-0.15, -0.1) is 0 Å². The minimum Gasteiger partial charge on any atom is -0.322 e. The Morgan fingerprint density at radius 3 is 2.21 bits per heavy atom. The summed E-state index contributed by atoms with van der Waals surface area (Å²) in [6, 6.07) is 6.67. The van der Waals surface area contributed by atoms with Gasteiger partial charge in [0.05, 0.1) is 17.1 Å². The van der Waals surface area contributed by atoms with Crippen LogP contribution in [-0.4, -0.2) is 32.2 Å². The summed E-state index contributed by atoms with van der Waals surface area (Å²) in [6.45, 7) is -0.601. The van der Waals surface area contributed by atoms with Crippen molar-refractivity contribution < 1.29 is 26.4 Å². The number of carbonyl (C=O) groups is 1. The first-order valence-electron chi connectivity index (χ1n) is 6.67. The first-order chi connectivity index (χ1) is 11.2. The molecule has 0 spiro atoms. The van der Waals surface area contributed by atoms with Crippen LogP contribution in [-0.2, 0) is 14.8 Å². The van der Waals surface area contributed by atoms with Crippen molar-refractivity contribution in [2.45, 2.75) is 4.90 Å². The Labute approximate surface area is 136 Å². The van der Waals surface area contributed by atoms with Gasteiger partial charge < -0.3 is 5.32 Å². The Balaban J connectivity index is 2.09. The number of benzene rings is 2. The van der Waals surface area contributed by atoms with E-state index in [2.05, 4.69) is 5.32 Å². The summed E-state index contributed by atoms with van der Waals surface area (Å²) in [5.74, 6) is -3.19. The molecule has 0 aliphatic heterocycles. The van der Waals surface area contributed by atoms with E-state index in [0.717, 1.165) is 47.8 Å². The highest BCUT2D eigenvalue weighted by atomic mass is 32.2. The molecule has 9 heteroatoms. The number of rotatable bonds is 5. The van der Waals surface area contributed by atoms with Crippen LogP contribution in [0.5, 0.6) is 0 Å². The first kappa shape index (κ1) is 18.0. The van der Waals surface area contributed by atoms with Gasteiger partial charge in [0.25, 0.3) is 0 Å². The van der Waals surface area contributed by atoms with Crippen LogP contribution in [0.15, 0.2) is 47.4 Å². The van der Waals surface area contributed by atoms with E-state index >= 15 is 0 Å². The number of anilines is 1. The maximum Gasteiger partial charge on any atom is 0.243 e. The average molecular weight is 358 g/mol. The van der Waals surface area contributed by atoms with E-state index in [-0.39, 0.29) is 10.6 Å². The van der Waals surface area contributed by atoms with E-state index in [0.29, 0.717) is 6.07 Å². The number of amides is 1. The summed E-state index contributed by atoms with van der Waals surface area (Å²) in [5, 5.41) is 2.15. The van der Waals surface area contributed by atoms with Crippen LogP contribution in [0.25, 0.3) is 0 Å². The molecule has 24 heavy (non-hydrogen) atoms. The maximum atomic E-state index is 13.5. The van der Waals surface area contributed by atoms with E-state index in [1.165, 1.54) is 0 Å².